The summed E-state index contributed by atoms with van der Waals surface area (Å²) in [6, 6.07) is 7.24. The van der Waals surface area contributed by atoms with Crippen molar-refractivity contribution in [2.24, 2.45) is 0 Å². The lowest BCUT2D eigenvalue weighted by Crippen LogP contribution is -2.12. The number of nitrogens with two attached hydrogens (primary N) is 1. The van der Waals surface area contributed by atoms with Gasteiger partial charge in [-0.1, -0.05) is 12.1 Å². The van der Waals surface area contributed by atoms with Gasteiger partial charge in [0.15, 0.2) is 11.2 Å². The second-order valence-corrected chi connectivity index (χ2v) is 3.88. The molecule has 0 unspecified atom stereocenters. The van der Waals surface area contributed by atoms with E-state index in [4.69, 9.17) is 10.5 Å². The molecule has 0 saturated heterocycles. The molecule has 0 saturated carbocycles. The molecule has 0 fully saturated rings. The number of fused-ring (bicyclic) bond motifs is 1. The standard InChI is InChI=1S/C12H11N5O2/c1-19-8-5-3-2-4-7(8)17-9-10(16-12(17)13)14-6-15-11(9)18/h2-6H,1H3,(H3,13,14,15,16,18). The molecule has 0 aliphatic rings. The fourth-order valence-corrected chi connectivity index (χ4v) is 2.00. The van der Waals surface area contributed by atoms with Crippen molar-refractivity contribution in [1.29, 1.82) is 0 Å². The Morgan fingerprint density at radius 3 is 2.95 bits per heavy atom. The van der Waals surface area contributed by atoms with Gasteiger partial charge in [0.2, 0.25) is 5.95 Å². The number of nitrogens with one attached hydrogen (secondary N) is 1. The van der Waals surface area contributed by atoms with Gasteiger partial charge in [-0.05, 0) is 12.1 Å². The lowest BCUT2D eigenvalue weighted by molar-refractivity contribution is 0.413. The Morgan fingerprint density at radius 2 is 2.16 bits per heavy atom. The zero-order chi connectivity index (χ0) is 13.4. The average Bonchev–Trinajstić information content (AvgIpc) is 2.76. The summed E-state index contributed by atoms with van der Waals surface area (Å²) in [4.78, 5) is 22.5. The maximum Gasteiger partial charge on any atom is 0.277 e. The number of methoxy groups -OCH3 is 1. The molecule has 19 heavy (non-hydrogen) atoms. The van der Waals surface area contributed by atoms with Crippen LogP contribution in [0.15, 0.2) is 35.4 Å². The number of aromatic nitrogens is 4. The second kappa shape index (κ2) is 4.13. The molecule has 0 aliphatic heterocycles. The van der Waals surface area contributed by atoms with E-state index >= 15 is 0 Å². The zero-order valence-corrected chi connectivity index (χ0v) is 10.1. The highest BCUT2D eigenvalue weighted by Gasteiger charge is 2.16. The normalized spacial score (nSPS) is 10.8. The van der Waals surface area contributed by atoms with E-state index in [1.165, 1.54) is 10.9 Å². The van der Waals surface area contributed by atoms with Gasteiger partial charge in [0.25, 0.3) is 5.56 Å². The molecule has 0 radical (unpaired) electrons. The van der Waals surface area contributed by atoms with Crippen molar-refractivity contribution in [2.45, 2.75) is 0 Å². The molecule has 3 N–H and O–H groups in total. The number of rotatable bonds is 2. The molecule has 2 aromatic heterocycles. The van der Waals surface area contributed by atoms with E-state index in [0.717, 1.165) is 0 Å². The first-order valence-corrected chi connectivity index (χ1v) is 5.57. The van der Waals surface area contributed by atoms with Crippen LogP contribution in [0, 0.1) is 0 Å². The maximum atomic E-state index is 11.9. The SMILES string of the molecule is COc1ccccc1-n1c(N)nc2nc[nH]c(=O)c21. The number of benzene rings is 1. The van der Waals surface area contributed by atoms with Gasteiger partial charge in [0.05, 0.1) is 19.1 Å². The van der Waals surface area contributed by atoms with E-state index < -0.39 is 0 Å². The molecule has 0 aliphatic carbocycles. The molecule has 0 amide bonds. The van der Waals surface area contributed by atoms with Crippen LogP contribution in [0.4, 0.5) is 5.95 Å². The summed E-state index contributed by atoms with van der Waals surface area (Å²) >= 11 is 0. The van der Waals surface area contributed by atoms with Gasteiger partial charge in [-0.3, -0.25) is 9.36 Å². The van der Waals surface area contributed by atoms with Crippen molar-refractivity contribution >= 4 is 17.1 Å². The fraction of sp³-hybridized carbons (Fsp3) is 0.0833. The molecular formula is C12H11N5O2. The lowest BCUT2D eigenvalue weighted by Gasteiger charge is -2.10. The molecule has 7 heteroatoms. The van der Waals surface area contributed by atoms with Gasteiger partial charge in [-0.2, -0.15) is 4.98 Å². The Kier molecular flexibility index (Phi) is 2.45. The Balaban J connectivity index is 2.43. The summed E-state index contributed by atoms with van der Waals surface area (Å²) in [5, 5.41) is 0. The summed E-state index contributed by atoms with van der Waals surface area (Å²) in [7, 11) is 1.55. The molecule has 2 heterocycles. The summed E-state index contributed by atoms with van der Waals surface area (Å²) in [5.41, 5.74) is 6.81. The van der Waals surface area contributed by atoms with E-state index in [2.05, 4.69) is 15.0 Å². The van der Waals surface area contributed by atoms with E-state index in [-0.39, 0.29) is 11.5 Å². The summed E-state index contributed by atoms with van der Waals surface area (Å²) in [6.07, 6.45) is 1.30. The first kappa shape index (κ1) is 11.3. The van der Waals surface area contributed by atoms with Gasteiger partial charge in [0.1, 0.15) is 5.75 Å². The minimum Gasteiger partial charge on any atom is -0.495 e. The van der Waals surface area contributed by atoms with Crippen molar-refractivity contribution in [3.63, 3.8) is 0 Å². The third-order valence-electron chi connectivity index (χ3n) is 2.81. The van der Waals surface area contributed by atoms with Crippen molar-refractivity contribution in [3.05, 3.63) is 40.9 Å². The number of hydrogen-bond acceptors (Lipinski definition) is 5. The van der Waals surface area contributed by atoms with Crippen molar-refractivity contribution in [3.8, 4) is 11.4 Å². The molecule has 96 valence electrons. The lowest BCUT2D eigenvalue weighted by atomic mass is 10.3. The first-order chi connectivity index (χ1) is 9.22. The van der Waals surface area contributed by atoms with Crippen LogP contribution in [0.1, 0.15) is 0 Å². The highest BCUT2D eigenvalue weighted by molar-refractivity contribution is 5.77. The molecular weight excluding hydrogens is 246 g/mol. The number of para-hydroxylation sites is 2. The number of hydrogen-bond donors (Lipinski definition) is 2. The third kappa shape index (κ3) is 1.63. The topological polar surface area (TPSA) is 98.8 Å². The maximum absolute atomic E-state index is 11.9. The molecule has 7 nitrogen and oxygen atoms in total. The number of nitrogen functional groups attached to an aromatic ring is 1. The van der Waals surface area contributed by atoms with Gasteiger partial charge < -0.3 is 15.5 Å². The molecule has 1 aromatic carbocycles. The van der Waals surface area contributed by atoms with Crippen molar-refractivity contribution < 1.29 is 4.74 Å². The molecule has 0 atom stereocenters. The van der Waals surface area contributed by atoms with Gasteiger partial charge in [-0.25, -0.2) is 4.98 Å². The minimum absolute atomic E-state index is 0.184. The van der Waals surface area contributed by atoms with Gasteiger partial charge in [-0.15, -0.1) is 0 Å². The van der Waals surface area contributed by atoms with E-state index in [1.54, 1.807) is 19.2 Å². The predicted molar refractivity (Wildman–Crippen MR) is 70.5 cm³/mol. The first-order valence-electron chi connectivity index (χ1n) is 5.57. The summed E-state index contributed by atoms with van der Waals surface area (Å²) in [5.74, 6) is 0.778. The Hall–Kier alpha value is -2.83. The Labute approximate surface area is 107 Å². The summed E-state index contributed by atoms with van der Waals surface area (Å²) in [6.45, 7) is 0. The Bertz CT molecular complexity index is 805. The number of nitrogens with zero attached hydrogens (tertiary/aromatic N) is 3. The van der Waals surface area contributed by atoms with Crippen LogP contribution in [0.25, 0.3) is 16.9 Å². The van der Waals surface area contributed by atoms with E-state index in [0.29, 0.717) is 22.6 Å². The summed E-state index contributed by atoms with van der Waals surface area (Å²) < 4.78 is 6.80. The fourth-order valence-electron chi connectivity index (χ4n) is 2.00. The smallest absolute Gasteiger partial charge is 0.277 e. The van der Waals surface area contributed by atoms with Gasteiger partial charge >= 0.3 is 0 Å². The number of H-pyrrole nitrogens is 1. The van der Waals surface area contributed by atoms with Crippen LogP contribution in [0.5, 0.6) is 5.75 Å². The van der Waals surface area contributed by atoms with E-state index in [9.17, 15) is 4.79 Å². The van der Waals surface area contributed by atoms with Crippen LogP contribution in [-0.4, -0.2) is 26.6 Å². The molecule has 0 spiro atoms. The molecule has 0 bridgehead atoms. The third-order valence-corrected chi connectivity index (χ3v) is 2.81. The largest absolute Gasteiger partial charge is 0.495 e. The van der Waals surface area contributed by atoms with E-state index in [1.807, 2.05) is 12.1 Å². The van der Waals surface area contributed by atoms with Crippen LogP contribution < -0.4 is 16.0 Å². The number of aromatic amines is 1. The number of anilines is 1. The van der Waals surface area contributed by atoms with Crippen LogP contribution in [0.2, 0.25) is 0 Å². The van der Waals surface area contributed by atoms with Crippen molar-refractivity contribution in [2.75, 3.05) is 12.8 Å². The highest BCUT2D eigenvalue weighted by atomic mass is 16.5. The van der Waals surface area contributed by atoms with Crippen LogP contribution in [0.3, 0.4) is 0 Å². The van der Waals surface area contributed by atoms with Crippen molar-refractivity contribution in [1.82, 2.24) is 19.5 Å². The minimum atomic E-state index is -0.305. The quantitative estimate of drug-likeness (QED) is 0.704. The number of imidazole rings is 1. The molecule has 3 rings (SSSR count). The Morgan fingerprint density at radius 1 is 1.37 bits per heavy atom. The predicted octanol–water partition coefficient (Wildman–Crippen LogP) is 0.700. The zero-order valence-electron chi connectivity index (χ0n) is 10.1. The number of ether oxygens (including phenoxy) is 1. The highest BCUT2D eigenvalue weighted by Crippen LogP contribution is 2.26. The average molecular weight is 257 g/mol. The monoisotopic (exact) mass is 257 g/mol. The van der Waals surface area contributed by atoms with Gasteiger partial charge in [0, 0.05) is 0 Å². The molecule has 3 aromatic rings. The van der Waals surface area contributed by atoms with Crippen LogP contribution >= 0.6 is 0 Å². The second-order valence-electron chi connectivity index (χ2n) is 3.88. The van der Waals surface area contributed by atoms with Crippen LogP contribution in [-0.2, 0) is 0 Å².